The molecule has 0 saturated carbocycles. The summed E-state index contributed by atoms with van der Waals surface area (Å²) in [5.74, 6) is -0.527. The largest absolute Gasteiger partial charge is 0.468 e. The highest BCUT2D eigenvalue weighted by Crippen LogP contribution is 2.37. The molecule has 1 rings (SSSR count). The Morgan fingerprint density at radius 1 is 1.35 bits per heavy atom. The van der Waals surface area contributed by atoms with Gasteiger partial charge in [-0.1, -0.05) is 24.3 Å². The van der Waals surface area contributed by atoms with E-state index in [0.717, 1.165) is 0 Å². The topological polar surface area (TPSA) is 69.4 Å². The lowest BCUT2D eigenvalue weighted by atomic mass is 10.1. The van der Waals surface area contributed by atoms with Crippen LogP contribution in [0.25, 0.3) is 0 Å². The van der Waals surface area contributed by atoms with Crippen LogP contribution in [0.2, 0.25) is 0 Å². The lowest BCUT2D eigenvalue weighted by molar-refractivity contribution is -0.142. The van der Waals surface area contributed by atoms with Crippen molar-refractivity contribution in [1.29, 1.82) is 0 Å². The monoisotopic (exact) mass is 277 g/mol. The average molecular weight is 278 g/mol. The van der Waals surface area contributed by atoms with E-state index >= 15 is 0 Å². The Hall–Kier alpha value is -0.830. The van der Waals surface area contributed by atoms with Crippen LogP contribution in [-0.4, -0.2) is 26.4 Å². The molecule has 2 N–H and O–H groups in total. The summed E-state index contributed by atoms with van der Waals surface area (Å²) in [7, 11) is -1.17. The van der Waals surface area contributed by atoms with Gasteiger partial charge in [0, 0.05) is 5.30 Å². The van der Waals surface area contributed by atoms with Crippen LogP contribution in [-0.2, 0) is 14.1 Å². The number of rotatable bonds is 3. The van der Waals surface area contributed by atoms with Gasteiger partial charge in [-0.15, -0.1) is 12.4 Å². The van der Waals surface area contributed by atoms with Crippen molar-refractivity contribution < 1.29 is 14.1 Å². The molecule has 1 aromatic carbocycles. The summed E-state index contributed by atoms with van der Waals surface area (Å²) >= 11 is 0. The van der Waals surface area contributed by atoms with E-state index in [-0.39, 0.29) is 12.4 Å². The maximum Gasteiger partial charge on any atom is 0.327 e. The molecule has 6 heteroatoms. The molecule has 1 atom stereocenters. The minimum absolute atomic E-state index is 0. The van der Waals surface area contributed by atoms with E-state index in [4.69, 9.17) is 5.73 Å². The number of carbonyl (C=O) groups is 1. The normalized spacial score (nSPS) is 12.5. The third kappa shape index (κ3) is 3.84. The van der Waals surface area contributed by atoms with Crippen LogP contribution >= 0.6 is 19.5 Å². The van der Waals surface area contributed by atoms with Crippen LogP contribution in [0.5, 0.6) is 0 Å². The summed E-state index contributed by atoms with van der Waals surface area (Å²) in [6.45, 7) is 3.30. The van der Waals surface area contributed by atoms with Crippen molar-refractivity contribution in [2.75, 3.05) is 20.4 Å². The Balaban J connectivity index is 0.00000256. The number of hydrogen-bond donors (Lipinski definition) is 1. The van der Waals surface area contributed by atoms with Crippen LogP contribution in [0, 0.1) is 0 Å². The standard InChI is InChI=1S/C11H16NO3P.ClH/c1-15-11(13)10(12)8-6-4-5-7-9(8)16(2,3)14;/h4-7,10H,12H2,1-3H3;1H. The fraction of sp³-hybridized carbons (Fsp3) is 0.364. The minimum Gasteiger partial charge on any atom is -0.468 e. The number of methoxy groups -OCH3 is 1. The molecule has 0 saturated heterocycles. The minimum atomic E-state index is -2.45. The summed E-state index contributed by atoms with van der Waals surface area (Å²) in [6.07, 6.45) is 0. The van der Waals surface area contributed by atoms with Crippen molar-refractivity contribution in [2.24, 2.45) is 5.73 Å². The quantitative estimate of drug-likeness (QED) is 0.672. The molecule has 0 aliphatic carbocycles. The van der Waals surface area contributed by atoms with Gasteiger partial charge >= 0.3 is 5.97 Å². The Bertz CT molecular complexity index is 444. The molecular formula is C11H17ClNO3P. The zero-order chi connectivity index (χ0) is 12.3. The van der Waals surface area contributed by atoms with E-state index in [0.29, 0.717) is 10.9 Å². The predicted octanol–water partition coefficient (Wildman–Crippen LogP) is 1.53. The molecule has 0 radical (unpaired) electrons. The van der Waals surface area contributed by atoms with E-state index < -0.39 is 19.2 Å². The highest BCUT2D eigenvalue weighted by molar-refractivity contribution is 7.70. The Morgan fingerprint density at radius 2 is 1.88 bits per heavy atom. The SMILES string of the molecule is COC(=O)C(N)c1ccccc1P(C)(C)=O.Cl. The third-order valence-corrected chi connectivity index (χ3v) is 3.87. The summed E-state index contributed by atoms with van der Waals surface area (Å²) in [5.41, 5.74) is 6.32. The van der Waals surface area contributed by atoms with Crippen molar-refractivity contribution in [3.8, 4) is 0 Å². The summed E-state index contributed by atoms with van der Waals surface area (Å²) in [4.78, 5) is 11.4. The summed E-state index contributed by atoms with van der Waals surface area (Å²) in [5, 5.41) is 0.632. The van der Waals surface area contributed by atoms with Gasteiger partial charge in [0.25, 0.3) is 0 Å². The van der Waals surface area contributed by atoms with Gasteiger partial charge in [0.1, 0.15) is 13.2 Å². The molecule has 0 aliphatic heterocycles. The highest BCUT2D eigenvalue weighted by atomic mass is 35.5. The number of esters is 1. The first-order chi connectivity index (χ1) is 7.38. The molecule has 1 aromatic rings. The Labute approximate surface area is 107 Å². The van der Waals surface area contributed by atoms with E-state index in [9.17, 15) is 9.36 Å². The van der Waals surface area contributed by atoms with E-state index in [1.807, 2.05) is 0 Å². The van der Waals surface area contributed by atoms with Crippen LogP contribution in [0.15, 0.2) is 24.3 Å². The smallest absolute Gasteiger partial charge is 0.327 e. The molecule has 17 heavy (non-hydrogen) atoms. The van der Waals surface area contributed by atoms with Crippen LogP contribution < -0.4 is 11.0 Å². The molecule has 0 aromatic heterocycles. The molecule has 0 amide bonds. The molecular weight excluding hydrogens is 261 g/mol. The van der Waals surface area contributed by atoms with Gasteiger partial charge in [-0.2, -0.15) is 0 Å². The number of carbonyl (C=O) groups excluding carboxylic acids is 1. The van der Waals surface area contributed by atoms with Gasteiger partial charge < -0.3 is 15.0 Å². The van der Waals surface area contributed by atoms with E-state index in [1.54, 1.807) is 37.6 Å². The first kappa shape index (κ1) is 16.2. The number of halogens is 1. The van der Waals surface area contributed by atoms with Gasteiger partial charge in [0.05, 0.1) is 7.11 Å². The fourth-order valence-corrected chi connectivity index (χ4v) is 2.78. The van der Waals surface area contributed by atoms with Gasteiger partial charge in [0.15, 0.2) is 0 Å². The van der Waals surface area contributed by atoms with Crippen molar-refractivity contribution in [3.63, 3.8) is 0 Å². The Morgan fingerprint density at radius 3 is 2.35 bits per heavy atom. The van der Waals surface area contributed by atoms with E-state index in [1.165, 1.54) is 7.11 Å². The molecule has 0 bridgehead atoms. The fourth-order valence-electron chi connectivity index (χ4n) is 1.49. The lowest BCUT2D eigenvalue weighted by Gasteiger charge is -2.17. The van der Waals surface area contributed by atoms with Gasteiger partial charge in [-0.3, -0.25) is 4.79 Å². The summed E-state index contributed by atoms with van der Waals surface area (Å²) in [6, 6.07) is 6.10. The predicted molar refractivity (Wildman–Crippen MR) is 71.7 cm³/mol. The molecule has 0 heterocycles. The first-order valence-electron chi connectivity index (χ1n) is 4.86. The van der Waals surface area contributed by atoms with Crippen molar-refractivity contribution in [1.82, 2.24) is 0 Å². The van der Waals surface area contributed by atoms with Gasteiger partial charge in [-0.05, 0) is 18.9 Å². The Kier molecular flexibility index (Phi) is 5.89. The van der Waals surface area contributed by atoms with Crippen molar-refractivity contribution >= 4 is 30.8 Å². The second-order valence-corrected chi connectivity index (χ2v) is 7.09. The maximum atomic E-state index is 12.0. The average Bonchev–Trinajstić information content (AvgIpc) is 2.26. The van der Waals surface area contributed by atoms with Crippen molar-refractivity contribution in [3.05, 3.63) is 29.8 Å². The summed E-state index contributed by atoms with van der Waals surface area (Å²) < 4.78 is 16.6. The third-order valence-electron chi connectivity index (χ3n) is 2.31. The van der Waals surface area contributed by atoms with Crippen molar-refractivity contribution in [2.45, 2.75) is 6.04 Å². The molecule has 0 spiro atoms. The van der Waals surface area contributed by atoms with Crippen LogP contribution in [0.3, 0.4) is 0 Å². The second kappa shape index (κ2) is 6.20. The number of ether oxygens (including phenoxy) is 1. The van der Waals surface area contributed by atoms with Gasteiger partial charge in [-0.25, -0.2) is 0 Å². The maximum absolute atomic E-state index is 12.0. The number of hydrogen-bond acceptors (Lipinski definition) is 4. The molecule has 0 fully saturated rings. The number of nitrogens with two attached hydrogens (primary N) is 1. The number of benzene rings is 1. The molecule has 1 unspecified atom stereocenters. The molecule has 4 nitrogen and oxygen atoms in total. The highest BCUT2D eigenvalue weighted by Gasteiger charge is 2.24. The second-order valence-electron chi connectivity index (χ2n) is 3.91. The van der Waals surface area contributed by atoms with Crippen LogP contribution in [0.1, 0.15) is 11.6 Å². The van der Waals surface area contributed by atoms with E-state index in [2.05, 4.69) is 4.74 Å². The van der Waals surface area contributed by atoms with Gasteiger partial charge in [0.2, 0.25) is 0 Å². The lowest BCUT2D eigenvalue weighted by Crippen LogP contribution is -2.27. The van der Waals surface area contributed by atoms with Crippen LogP contribution in [0.4, 0.5) is 0 Å². The zero-order valence-electron chi connectivity index (χ0n) is 10.0. The zero-order valence-corrected chi connectivity index (χ0v) is 11.8. The molecule has 0 aliphatic rings. The first-order valence-corrected chi connectivity index (χ1v) is 7.46. The molecule has 96 valence electrons.